The number of nitrogens with one attached hydrogen (secondary N) is 1. The van der Waals surface area contributed by atoms with Crippen LogP contribution in [0.25, 0.3) is 10.8 Å². The Labute approximate surface area is 126 Å². The summed E-state index contributed by atoms with van der Waals surface area (Å²) in [7, 11) is 0. The topological polar surface area (TPSA) is 54.2 Å². The summed E-state index contributed by atoms with van der Waals surface area (Å²) in [6.45, 7) is 7.45. The van der Waals surface area contributed by atoms with Crippen LogP contribution in [0.3, 0.4) is 0 Å². The predicted molar refractivity (Wildman–Crippen MR) is 89.7 cm³/mol. The van der Waals surface area contributed by atoms with Gasteiger partial charge < -0.3 is 11.1 Å². The molecule has 0 aliphatic heterocycles. The number of aromatic nitrogens is 1. The molecular formula is C17H24N4. The molecule has 3 N–H and O–H groups in total. The third kappa shape index (κ3) is 3.10. The molecule has 21 heavy (non-hydrogen) atoms. The van der Waals surface area contributed by atoms with E-state index < -0.39 is 0 Å². The van der Waals surface area contributed by atoms with Crippen molar-refractivity contribution in [3.63, 3.8) is 0 Å². The molecular weight excluding hydrogens is 260 g/mol. The maximum absolute atomic E-state index is 6.05. The number of pyridine rings is 1. The number of nitrogens with zero attached hydrogens (tertiary/aromatic N) is 2. The van der Waals surface area contributed by atoms with E-state index in [0.29, 0.717) is 0 Å². The average molecular weight is 284 g/mol. The summed E-state index contributed by atoms with van der Waals surface area (Å²) in [6.07, 6.45) is 4.60. The Morgan fingerprint density at radius 3 is 2.86 bits per heavy atom. The van der Waals surface area contributed by atoms with Gasteiger partial charge in [-0.05, 0) is 44.5 Å². The summed E-state index contributed by atoms with van der Waals surface area (Å²) in [5, 5.41) is 5.76. The van der Waals surface area contributed by atoms with Gasteiger partial charge in [0.05, 0.1) is 0 Å². The lowest BCUT2D eigenvalue weighted by molar-refractivity contribution is 0.289. The van der Waals surface area contributed by atoms with Gasteiger partial charge in [0.25, 0.3) is 0 Å². The van der Waals surface area contributed by atoms with E-state index >= 15 is 0 Å². The van der Waals surface area contributed by atoms with Crippen LogP contribution in [0.2, 0.25) is 0 Å². The highest BCUT2D eigenvalue weighted by Gasteiger charge is 2.27. The number of anilines is 2. The summed E-state index contributed by atoms with van der Waals surface area (Å²) in [5.74, 6) is 0. The van der Waals surface area contributed by atoms with Crippen LogP contribution in [0.5, 0.6) is 0 Å². The molecule has 1 aromatic heterocycles. The molecule has 3 rings (SSSR count). The van der Waals surface area contributed by atoms with Crippen LogP contribution >= 0.6 is 0 Å². The quantitative estimate of drug-likeness (QED) is 0.801. The van der Waals surface area contributed by atoms with Crippen LogP contribution in [0.15, 0.2) is 24.4 Å². The van der Waals surface area contributed by atoms with E-state index in [9.17, 15) is 0 Å². The highest BCUT2D eigenvalue weighted by Crippen LogP contribution is 2.29. The van der Waals surface area contributed by atoms with Gasteiger partial charge in [0.15, 0.2) is 0 Å². The molecule has 0 spiro atoms. The van der Waals surface area contributed by atoms with Gasteiger partial charge in [0, 0.05) is 53.2 Å². The highest BCUT2D eigenvalue weighted by atomic mass is 15.2. The van der Waals surface area contributed by atoms with Gasteiger partial charge in [0.2, 0.25) is 0 Å². The monoisotopic (exact) mass is 284 g/mol. The average Bonchev–Trinajstić information content (AvgIpc) is 3.30. The molecule has 1 aliphatic rings. The fourth-order valence-corrected chi connectivity index (χ4v) is 2.89. The Balaban J connectivity index is 1.74. The van der Waals surface area contributed by atoms with Crippen LogP contribution in [-0.4, -0.2) is 35.6 Å². The standard InChI is InChI=1S/C17H24N4/c1-3-21(13-4-5-13)9-8-19-17-7-6-16(18)15-11-20-12(2)10-14(15)17/h6-7,10-11,13,19H,3-5,8-9,18H2,1-2H3. The summed E-state index contributed by atoms with van der Waals surface area (Å²) in [5.41, 5.74) is 9.00. The number of likely N-dealkylation sites (N-methyl/N-ethyl adjacent to an activating group) is 1. The molecule has 0 bridgehead atoms. The number of aryl methyl sites for hydroxylation is 1. The first kappa shape index (κ1) is 14.1. The normalized spacial score (nSPS) is 14.8. The van der Waals surface area contributed by atoms with Crippen LogP contribution < -0.4 is 11.1 Å². The van der Waals surface area contributed by atoms with Gasteiger partial charge in [-0.15, -0.1) is 0 Å². The largest absolute Gasteiger partial charge is 0.398 e. The Morgan fingerprint density at radius 2 is 2.14 bits per heavy atom. The summed E-state index contributed by atoms with van der Waals surface area (Å²) >= 11 is 0. The first-order valence-corrected chi connectivity index (χ1v) is 7.82. The minimum absolute atomic E-state index is 0.788. The minimum Gasteiger partial charge on any atom is -0.398 e. The third-order valence-electron chi connectivity index (χ3n) is 4.26. The van der Waals surface area contributed by atoms with Gasteiger partial charge in [-0.2, -0.15) is 0 Å². The van der Waals surface area contributed by atoms with E-state index in [1.54, 1.807) is 0 Å². The number of fused-ring (bicyclic) bond motifs is 1. The first-order valence-electron chi connectivity index (χ1n) is 7.82. The number of benzene rings is 1. The van der Waals surface area contributed by atoms with Gasteiger partial charge in [-0.3, -0.25) is 9.88 Å². The molecule has 0 saturated heterocycles. The zero-order valence-corrected chi connectivity index (χ0v) is 12.9. The number of nitrogen functional groups attached to an aromatic ring is 1. The van der Waals surface area contributed by atoms with Crippen molar-refractivity contribution in [3.05, 3.63) is 30.1 Å². The fraction of sp³-hybridized carbons (Fsp3) is 0.471. The molecule has 1 aliphatic carbocycles. The highest BCUT2D eigenvalue weighted by molar-refractivity contribution is 6.00. The Bertz CT molecular complexity index is 634. The van der Waals surface area contributed by atoms with Crippen molar-refractivity contribution in [3.8, 4) is 0 Å². The van der Waals surface area contributed by atoms with Gasteiger partial charge in [-0.25, -0.2) is 0 Å². The van der Waals surface area contributed by atoms with Crippen molar-refractivity contribution >= 4 is 22.1 Å². The summed E-state index contributed by atoms with van der Waals surface area (Å²) in [6, 6.07) is 6.96. The van der Waals surface area contributed by atoms with Crippen LogP contribution in [0.4, 0.5) is 11.4 Å². The van der Waals surface area contributed by atoms with E-state index in [2.05, 4.69) is 34.3 Å². The van der Waals surface area contributed by atoms with Gasteiger partial charge in [0.1, 0.15) is 0 Å². The van der Waals surface area contributed by atoms with Crippen LogP contribution in [0.1, 0.15) is 25.5 Å². The molecule has 4 heteroatoms. The second-order valence-electron chi connectivity index (χ2n) is 5.86. The molecule has 1 aromatic carbocycles. The van der Waals surface area contributed by atoms with E-state index in [1.165, 1.54) is 12.8 Å². The second kappa shape index (κ2) is 5.90. The number of hydrogen-bond acceptors (Lipinski definition) is 4. The molecule has 1 fully saturated rings. The van der Waals surface area contributed by atoms with E-state index in [0.717, 1.165) is 53.5 Å². The Kier molecular flexibility index (Phi) is 3.97. The predicted octanol–water partition coefficient (Wildman–Crippen LogP) is 3.02. The van der Waals surface area contributed by atoms with Gasteiger partial charge in [-0.1, -0.05) is 6.92 Å². The maximum atomic E-state index is 6.05. The molecule has 0 amide bonds. The smallest absolute Gasteiger partial charge is 0.0423 e. The van der Waals surface area contributed by atoms with E-state index in [4.69, 9.17) is 5.73 Å². The molecule has 2 aromatic rings. The van der Waals surface area contributed by atoms with Crippen molar-refractivity contribution < 1.29 is 0 Å². The molecule has 1 heterocycles. The first-order chi connectivity index (χ1) is 10.2. The summed E-state index contributed by atoms with van der Waals surface area (Å²) < 4.78 is 0. The molecule has 0 atom stereocenters. The SMILES string of the molecule is CCN(CCNc1ccc(N)c2cnc(C)cc12)C1CC1. The molecule has 4 nitrogen and oxygen atoms in total. The number of hydrogen-bond donors (Lipinski definition) is 2. The lowest BCUT2D eigenvalue weighted by Crippen LogP contribution is -2.30. The maximum Gasteiger partial charge on any atom is 0.0423 e. The zero-order chi connectivity index (χ0) is 14.8. The zero-order valence-electron chi connectivity index (χ0n) is 12.9. The van der Waals surface area contributed by atoms with Gasteiger partial charge >= 0.3 is 0 Å². The van der Waals surface area contributed by atoms with Crippen molar-refractivity contribution in [1.82, 2.24) is 9.88 Å². The molecule has 1 saturated carbocycles. The minimum atomic E-state index is 0.788. The van der Waals surface area contributed by atoms with Crippen molar-refractivity contribution in [1.29, 1.82) is 0 Å². The fourth-order valence-electron chi connectivity index (χ4n) is 2.89. The Hall–Kier alpha value is -1.81. The summed E-state index contributed by atoms with van der Waals surface area (Å²) in [4.78, 5) is 6.90. The van der Waals surface area contributed by atoms with Crippen molar-refractivity contribution in [2.75, 3.05) is 30.7 Å². The second-order valence-corrected chi connectivity index (χ2v) is 5.86. The van der Waals surface area contributed by atoms with Crippen LogP contribution in [0, 0.1) is 6.92 Å². The lowest BCUT2D eigenvalue weighted by Gasteiger charge is -2.20. The van der Waals surface area contributed by atoms with Crippen molar-refractivity contribution in [2.24, 2.45) is 0 Å². The number of nitrogens with two attached hydrogens (primary N) is 1. The van der Waals surface area contributed by atoms with E-state index in [-0.39, 0.29) is 0 Å². The van der Waals surface area contributed by atoms with E-state index in [1.807, 2.05) is 19.2 Å². The molecule has 0 unspecified atom stereocenters. The molecule has 112 valence electrons. The lowest BCUT2D eigenvalue weighted by atomic mass is 10.1. The van der Waals surface area contributed by atoms with Crippen LogP contribution in [-0.2, 0) is 0 Å². The number of rotatable bonds is 6. The van der Waals surface area contributed by atoms with Crippen molar-refractivity contribution in [2.45, 2.75) is 32.7 Å². The third-order valence-corrected chi connectivity index (χ3v) is 4.26. The Morgan fingerprint density at radius 1 is 1.33 bits per heavy atom. The molecule has 0 radical (unpaired) electrons.